The van der Waals surface area contributed by atoms with Crippen LogP contribution in [0.25, 0.3) is 11.2 Å². The molecule has 0 saturated carbocycles. The number of anilines is 1. The van der Waals surface area contributed by atoms with Crippen molar-refractivity contribution in [3.05, 3.63) is 46.5 Å². The number of halogens is 1. The molecule has 118 valence electrons. The molecule has 4 rings (SSSR count). The van der Waals surface area contributed by atoms with Crippen molar-refractivity contribution in [1.29, 1.82) is 0 Å². The molecule has 0 atom stereocenters. The van der Waals surface area contributed by atoms with Crippen LogP contribution in [0.3, 0.4) is 0 Å². The third-order valence-electron chi connectivity index (χ3n) is 4.65. The van der Waals surface area contributed by atoms with Crippen LogP contribution in [-0.4, -0.2) is 33.0 Å². The Labute approximate surface area is 143 Å². The molecular weight excluding hydrogens is 354 g/mol. The molecule has 5 nitrogen and oxygen atoms in total. The standard InChI is InChI=1S/C17H18BrN5/c1-11-8-13(2-3-14(11)18)12-4-6-23(7-5-12)17-15-16(20-9-19-15)21-10-22-17/h2-3,8-10,12H,4-7H2,1H3,(H,19,20,21,22). The normalized spacial score (nSPS) is 16.2. The van der Waals surface area contributed by atoms with Gasteiger partial charge in [-0.05, 0) is 42.9 Å². The molecule has 0 bridgehead atoms. The molecule has 3 heterocycles. The number of hydrogen-bond acceptors (Lipinski definition) is 4. The predicted octanol–water partition coefficient (Wildman–Crippen LogP) is 3.81. The maximum absolute atomic E-state index is 4.46. The highest BCUT2D eigenvalue weighted by molar-refractivity contribution is 9.10. The minimum absolute atomic E-state index is 0.622. The summed E-state index contributed by atoms with van der Waals surface area (Å²) in [5.74, 6) is 1.59. The highest BCUT2D eigenvalue weighted by Crippen LogP contribution is 2.32. The summed E-state index contributed by atoms with van der Waals surface area (Å²) in [5, 5.41) is 0. The number of rotatable bonds is 2. The molecular formula is C17H18BrN5. The van der Waals surface area contributed by atoms with Gasteiger partial charge in [0.05, 0.1) is 6.33 Å². The van der Waals surface area contributed by atoms with Crippen LogP contribution in [-0.2, 0) is 0 Å². The Bertz CT molecular complexity index is 836. The van der Waals surface area contributed by atoms with Gasteiger partial charge in [-0.2, -0.15) is 0 Å². The summed E-state index contributed by atoms with van der Waals surface area (Å²) in [5.41, 5.74) is 4.42. The fourth-order valence-corrected chi connectivity index (χ4v) is 3.59. The monoisotopic (exact) mass is 371 g/mol. The number of aromatic amines is 1. The molecule has 3 aromatic rings. The van der Waals surface area contributed by atoms with Crippen LogP contribution in [0.4, 0.5) is 5.82 Å². The third-order valence-corrected chi connectivity index (χ3v) is 5.54. The summed E-state index contributed by atoms with van der Waals surface area (Å²) in [4.78, 5) is 18.4. The van der Waals surface area contributed by atoms with E-state index in [0.717, 1.165) is 42.9 Å². The first-order chi connectivity index (χ1) is 11.2. The number of nitrogens with zero attached hydrogens (tertiary/aromatic N) is 4. The molecule has 1 N–H and O–H groups in total. The zero-order valence-corrected chi connectivity index (χ0v) is 14.5. The molecule has 1 aliphatic rings. The van der Waals surface area contributed by atoms with Gasteiger partial charge in [-0.15, -0.1) is 0 Å². The average Bonchev–Trinajstić information content (AvgIpc) is 3.06. The fourth-order valence-electron chi connectivity index (χ4n) is 3.34. The highest BCUT2D eigenvalue weighted by atomic mass is 79.9. The van der Waals surface area contributed by atoms with E-state index < -0.39 is 0 Å². The molecule has 1 aromatic carbocycles. The van der Waals surface area contributed by atoms with E-state index in [-0.39, 0.29) is 0 Å². The quantitative estimate of drug-likeness (QED) is 0.743. The van der Waals surface area contributed by atoms with Crippen molar-refractivity contribution >= 4 is 32.9 Å². The van der Waals surface area contributed by atoms with Crippen molar-refractivity contribution in [2.75, 3.05) is 18.0 Å². The van der Waals surface area contributed by atoms with Gasteiger partial charge in [0, 0.05) is 17.6 Å². The first-order valence-corrected chi connectivity index (χ1v) is 8.67. The van der Waals surface area contributed by atoms with Gasteiger partial charge >= 0.3 is 0 Å². The van der Waals surface area contributed by atoms with Gasteiger partial charge < -0.3 is 9.88 Å². The van der Waals surface area contributed by atoms with E-state index in [0.29, 0.717) is 5.92 Å². The van der Waals surface area contributed by atoms with Crippen LogP contribution in [0.2, 0.25) is 0 Å². The van der Waals surface area contributed by atoms with Gasteiger partial charge in [-0.1, -0.05) is 28.1 Å². The van der Waals surface area contributed by atoms with Gasteiger partial charge in [0.25, 0.3) is 0 Å². The molecule has 6 heteroatoms. The number of piperidine rings is 1. The lowest BCUT2D eigenvalue weighted by Gasteiger charge is -2.33. The first-order valence-electron chi connectivity index (χ1n) is 7.87. The summed E-state index contributed by atoms with van der Waals surface area (Å²) in [6.07, 6.45) is 5.56. The Morgan fingerprint density at radius 1 is 1.17 bits per heavy atom. The smallest absolute Gasteiger partial charge is 0.182 e. The van der Waals surface area contributed by atoms with Gasteiger partial charge in [-0.25, -0.2) is 15.0 Å². The topological polar surface area (TPSA) is 57.7 Å². The van der Waals surface area contributed by atoms with Gasteiger partial charge in [-0.3, -0.25) is 0 Å². The van der Waals surface area contributed by atoms with Crippen LogP contribution in [0.1, 0.15) is 29.9 Å². The summed E-state index contributed by atoms with van der Waals surface area (Å²) in [6, 6.07) is 6.72. The second-order valence-corrected chi connectivity index (χ2v) is 6.92. The van der Waals surface area contributed by atoms with Crippen LogP contribution in [0.5, 0.6) is 0 Å². The maximum atomic E-state index is 4.46. The van der Waals surface area contributed by atoms with Gasteiger partial charge in [0.15, 0.2) is 11.5 Å². The molecule has 23 heavy (non-hydrogen) atoms. The second-order valence-electron chi connectivity index (χ2n) is 6.07. The summed E-state index contributed by atoms with van der Waals surface area (Å²) in [6.45, 7) is 4.16. The molecule has 0 amide bonds. The molecule has 1 fully saturated rings. The van der Waals surface area contributed by atoms with E-state index in [9.17, 15) is 0 Å². The van der Waals surface area contributed by atoms with E-state index in [1.165, 1.54) is 15.6 Å². The van der Waals surface area contributed by atoms with E-state index in [2.05, 4.69) is 65.9 Å². The van der Waals surface area contributed by atoms with Crippen molar-refractivity contribution in [1.82, 2.24) is 19.9 Å². The zero-order valence-electron chi connectivity index (χ0n) is 13.0. The molecule has 0 aliphatic carbocycles. The summed E-state index contributed by atoms with van der Waals surface area (Å²) in [7, 11) is 0. The van der Waals surface area contributed by atoms with Crippen LogP contribution in [0.15, 0.2) is 35.3 Å². The Hall–Kier alpha value is -1.95. The minimum Gasteiger partial charge on any atom is -0.355 e. The minimum atomic E-state index is 0.622. The predicted molar refractivity (Wildman–Crippen MR) is 94.8 cm³/mol. The van der Waals surface area contributed by atoms with E-state index in [1.807, 2.05) is 0 Å². The second kappa shape index (κ2) is 5.92. The summed E-state index contributed by atoms with van der Waals surface area (Å²) >= 11 is 3.58. The molecule has 0 unspecified atom stereocenters. The molecule has 1 saturated heterocycles. The van der Waals surface area contributed by atoms with Gasteiger partial charge in [0.1, 0.15) is 11.8 Å². The van der Waals surface area contributed by atoms with Gasteiger partial charge in [0.2, 0.25) is 0 Å². The van der Waals surface area contributed by atoms with Crippen molar-refractivity contribution in [2.24, 2.45) is 0 Å². The number of fused-ring (bicyclic) bond motifs is 1. The number of aromatic nitrogens is 4. The number of hydrogen-bond donors (Lipinski definition) is 1. The lowest BCUT2D eigenvalue weighted by atomic mass is 9.89. The van der Waals surface area contributed by atoms with Crippen LogP contribution < -0.4 is 4.90 Å². The largest absolute Gasteiger partial charge is 0.355 e. The maximum Gasteiger partial charge on any atom is 0.182 e. The summed E-state index contributed by atoms with van der Waals surface area (Å²) < 4.78 is 1.18. The van der Waals surface area contributed by atoms with E-state index in [4.69, 9.17) is 0 Å². The number of benzene rings is 1. The SMILES string of the molecule is Cc1cc(C2CCN(c3ncnc4nc[nH]c34)CC2)ccc1Br. The Kier molecular flexibility index (Phi) is 3.77. The Balaban J connectivity index is 1.52. The van der Waals surface area contributed by atoms with Crippen molar-refractivity contribution in [2.45, 2.75) is 25.7 Å². The highest BCUT2D eigenvalue weighted by Gasteiger charge is 2.23. The Morgan fingerprint density at radius 2 is 2.00 bits per heavy atom. The first kappa shape index (κ1) is 14.6. The van der Waals surface area contributed by atoms with E-state index in [1.54, 1.807) is 12.7 Å². The number of aryl methyl sites for hydroxylation is 1. The average molecular weight is 372 g/mol. The lowest BCUT2D eigenvalue weighted by molar-refractivity contribution is 0.503. The van der Waals surface area contributed by atoms with Crippen molar-refractivity contribution < 1.29 is 0 Å². The van der Waals surface area contributed by atoms with Crippen LogP contribution in [0, 0.1) is 6.92 Å². The van der Waals surface area contributed by atoms with Crippen molar-refractivity contribution in [3.8, 4) is 0 Å². The molecule has 0 spiro atoms. The zero-order chi connectivity index (χ0) is 15.8. The van der Waals surface area contributed by atoms with E-state index >= 15 is 0 Å². The Morgan fingerprint density at radius 3 is 2.78 bits per heavy atom. The number of imidazole rings is 1. The van der Waals surface area contributed by atoms with Crippen LogP contribution >= 0.6 is 15.9 Å². The molecule has 0 radical (unpaired) electrons. The molecule has 2 aromatic heterocycles. The number of H-pyrrole nitrogens is 1. The third kappa shape index (κ3) is 2.72. The molecule has 1 aliphatic heterocycles. The number of nitrogens with one attached hydrogen (secondary N) is 1. The van der Waals surface area contributed by atoms with Crippen molar-refractivity contribution in [3.63, 3.8) is 0 Å². The lowest BCUT2D eigenvalue weighted by Crippen LogP contribution is -2.33. The fraction of sp³-hybridized carbons (Fsp3) is 0.353.